The van der Waals surface area contributed by atoms with Gasteiger partial charge in [0.2, 0.25) is 10.0 Å². The molecule has 1 atom stereocenters. The van der Waals surface area contributed by atoms with E-state index in [0.717, 1.165) is 32.2 Å². The van der Waals surface area contributed by atoms with E-state index in [4.69, 9.17) is 5.11 Å². The van der Waals surface area contributed by atoms with Crippen molar-refractivity contribution < 1.29 is 13.5 Å². The van der Waals surface area contributed by atoms with Crippen molar-refractivity contribution in [1.29, 1.82) is 0 Å². The van der Waals surface area contributed by atoms with Gasteiger partial charge in [0.1, 0.15) is 0 Å². The molecule has 1 unspecified atom stereocenters. The monoisotopic (exact) mass is 262 g/mol. The quantitative estimate of drug-likeness (QED) is 0.727. The Bertz CT molecular complexity index is 333. The molecule has 0 bridgehead atoms. The van der Waals surface area contributed by atoms with Gasteiger partial charge >= 0.3 is 0 Å². The third kappa shape index (κ3) is 2.81. The molecule has 0 aromatic carbocycles. The Morgan fingerprint density at radius 3 is 2.47 bits per heavy atom. The summed E-state index contributed by atoms with van der Waals surface area (Å²) in [7, 11) is -3.24. The van der Waals surface area contributed by atoms with E-state index in [1.807, 2.05) is 0 Å². The Labute approximate surface area is 103 Å². The zero-order valence-corrected chi connectivity index (χ0v) is 11.0. The fourth-order valence-corrected chi connectivity index (χ4v) is 4.97. The zero-order valence-electron chi connectivity index (χ0n) is 10.1. The van der Waals surface area contributed by atoms with Crippen molar-refractivity contribution in [3.8, 4) is 0 Å². The van der Waals surface area contributed by atoms with Crippen LogP contribution in [0.4, 0.5) is 0 Å². The maximum atomic E-state index is 12.5. The zero-order chi connectivity index (χ0) is 12.3. The van der Waals surface area contributed by atoms with Gasteiger partial charge in [-0.2, -0.15) is 4.31 Å². The Morgan fingerprint density at radius 1 is 1.24 bits per heavy atom. The van der Waals surface area contributed by atoms with Gasteiger partial charge in [0.25, 0.3) is 0 Å². The molecule has 5 nitrogen and oxygen atoms in total. The lowest BCUT2D eigenvalue weighted by molar-refractivity contribution is 0.225. The molecule has 0 amide bonds. The Morgan fingerprint density at radius 2 is 1.94 bits per heavy atom. The highest BCUT2D eigenvalue weighted by molar-refractivity contribution is 7.89. The first kappa shape index (κ1) is 13.3. The molecule has 17 heavy (non-hydrogen) atoms. The number of nitrogens with one attached hydrogen (secondary N) is 1. The van der Waals surface area contributed by atoms with E-state index in [0.29, 0.717) is 13.0 Å². The van der Waals surface area contributed by atoms with Gasteiger partial charge in [-0.25, -0.2) is 8.42 Å². The van der Waals surface area contributed by atoms with Gasteiger partial charge < -0.3 is 10.4 Å². The molecule has 0 spiro atoms. The molecular weight excluding hydrogens is 240 g/mol. The van der Waals surface area contributed by atoms with Gasteiger partial charge in [0, 0.05) is 19.1 Å². The van der Waals surface area contributed by atoms with E-state index in [1.165, 1.54) is 0 Å². The summed E-state index contributed by atoms with van der Waals surface area (Å²) in [6.07, 6.45) is 4.78. The van der Waals surface area contributed by atoms with Gasteiger partial charge in [-0.15, -0.1) is 0 Å². The fraction of sp³-hybridized carbons (Fsp3) is 1.00. The summed E-state index contributed by atoms with van der Waals surface area (Å²) in [5.41, 5.74) is 0. The molecular formula is C11H22N2O3S. The smallest absolute Gasteiger partial charge is 0.218 e. The number of hydrogen-bond acceptors (Lipinski definition) is 4. The largest absolute Gasteiger partial charge is 0.395 e. The molecule has 6 heteroatoms. The molecule has 0 radical (unpaired) electrons. The molecule has 100 valence electrons. The molecule has 1 aliphatic heterocycles. The second-order valence-electron chi connectivity index (χ2n) is 4.93. The van der Waals surface area contributed by atoms with E-state index in [1.54, 1.807) is 4.31 Å². The molecule has 2 rings (SSSR count). The number of rotatable bonds is 5. The average molecular weight is 262 g/mol. The van der Waals surface area contributed by atoms with Crippen LogP contribution in [0.15, 0.2) is 0 Å². The number of aliphatic hydroxyl groups excluding tert-OH is 1. The summed E-state index contributed by atoms with van der Waals surface area (Å²) in [5.74, 6) is 0. The van der Waals surface area contributed by atoms with Crippen LogP contribution in [0.25, 0.3) is 0 Å². The van der Waals surface area contributed by atoms with Crippen LogP contribution in [0.5, 0.6) is 0 Å². The lowest BCUT2D eigenvalue weighted by Crippen LogP contribution is -2.46. The summed E-state index contributed by atoms with van der Waals surface area (Å²) >= 11 is 0. The Kier molecular flexibility index (Phi) is 4.41. The van der Waals surface area contributed by atoms with Crippen LogP contribution in [0.2, 0.25) is 0 Å². The summed E-state index contributed by atoms with van der Waals surface area (Å²) in [6, 6.07) is 0.118. The van der Waals surface area contributed by atoms with E-state index in [-0.39, 0.29) is 24.4 Å². The third-order valence-electron chi connectivity index (χ3n) is 3.82. The SMILES string of the molecule is O=S(=O)(C1CCNC1)N(CCO)C1CCCC1. The molecule has 1 aliphatic carbocycles. The Balaban J connectivity index is 2.12. The van der Waals surface area contributed by atoms with Crippen molar-refractivity contribution in [2.75, 3.05) is 26.2 Å². The molecule has 1 saturated heterocycles. The second-order valence-corrected chi connectivity index (χ2v) is 7.10. The van der Waals surface area contributed by atoms with Crippen molar-refractivity contribution >= 4 is 10.0 Å². The van der Waals surface area contributed by atoms with Crippen LogP contribution in [0.1, 0.15) is 32.1 Å². The summed E-state index contributed by atoms with van der Waals surface area (Å²) in [6.45, 7) is 1.50. The van der Waals surface area contributed by atoms with E-state index in [9.17, 15) is 8.42 Å². The minimum Gasteiger partial charge on any atom is -0.395 e. The number of nitrogens with zero attached hydrogens (tertiary/aromatic N) is 1. The normalized spacial score (nSPS) is 27.1. The minimum absolute atomic E-state index is 0.0874. The van der Waals surface area contributed by atoms with Gasteiger partial charge in [0.05, 0.1) is 11.9 Å². The maximum Gasteiger partial charge on any atom is 0.218 e. The average Bonchev–Trinajstić information content (AvgIpc) is 2.97. The van der Waals surface area contributed by atoms with Crippen LogP contribution in [-0.4, -0.2) is 55.4 Å². The van der Waals surface area contributed by atoms with Crippen molar-refractivity contribution in [2.24, 2.45) is 0 Å². The predicted octanol–water partition coefficient (Wildman–Crippen LogP) is -0.0850. The molecule has 2 fully saturated rings. The molecule has 0 aromatic rings. The van der Waals surface area contributed by atoms with Gasteiger partial charge in [0.15, 0.2) is 0 Å². The topological polar surface area (TPSA) is 69.6 Å². The van der Waals surface area contributed by atoms with Crippen LogP contribution < -0.4 is 5.32 Å². The molecule has 1 heterocycles. The number of aliphatic hydroxyl groups is 1. The predicted molar refractivity (Wildman–Crippen MR) is 66.2 cm³/mol. The van der Waals surface area contributed by atoms with Crippen molar-refractivity contribution in [1.82, 2.24) is 9.62 Å². The fourth-order valence-electron chi connectivity index (χ4n) is 2.88. The van der Waals surface area contributed by atoms with E-state index >= 15 is 0 Å². The Hall–Kier alpha value is -0.170. The van der Waals surface area contributed by atoms with Crippen LogP contribution in [0, 0.1) is 0 Å². The highest BCUT2D eigenvalue weighted by Gasteiger charge is 2.38. The second kappa shape index (κ2) is 5.65. The minimum atomic E-state index is -3.24. The van der Waals surface area contributed by atoms with Crippen LogP contribution >= 0.6 is 0 Å². The lowest BCUT2D eigenvalue weighted by atomic mass is 10.2. The van der Waals surface area contributed by atoms with Gasteiger partial charge in [-0.05, 0) is 25.8 Å². The summed E-state index contributed by atoms with van der Waals surface area (Å²) in [4.78, 5) is 0. The first-order valence-corrected chi connectivity index (χ1v) is 7.99. The number of hydrogen-bond donors (Lipinski definition) is 2. The molecule has 1 saturated carbocycles. The van der Waals surface area contributed by atoms with Gasteiger partial charge in [-0.3, -0.25) is 0 Å². The first-order chi connectivity index (χ1) is 8.16. The third-order valence-corrected chi connectivity index (χ3v) is 6.19. The number of sulfonamides is 1. The maximum absolute atomic E-state index is 12.5. The summed E-state index contributed by atoms with van der Waals surface area (Å²) < 4.78 is 26.5. The highest BCUT2D eigenvalue weighted by atomic mass is 32.2. The molecule has 2 aliphatic rings. The molecule has 2 N–H and O–H groups in total. The van der Waals surface area contributed by atoms with Crippen molar-refractivity contribution in [3.05, 3.63) is 0 Å². The molecule has 0 aromatic heterocycles. The van der Waals surface area contributed by atoms with Crippen LogP contribution in [-0.2, 0) is 10.0 Å². The highest BCUT2D eigenvalue weighted by Crippen LogP contribution is 2.28. The van der Waals surface area contributed by atoms with Crippen molar-refractivity contribution in [3.63, 3.8) is 0 Å². The van der Waals surface area contributed by atoms with Crippen LogP contribution in [0.3, 0.4) is 0 Å². The standard InChI is InChI=1S/C11H22N2O3S/c14-8-7-13(10-3-1-2-4-10)17(15,16)11-5-6-12-9-11/h10-12,14H,1-9H2. The van der Waals surface area contributed by atoms with E-state index < -0.39 is 10.0 Å². The van der Waals surface area contributed by atoms with E-state index in [2.05, 4.69) is 5.32 Å². The first-order valence-electron chi connectivity index (χ1n) is 6.48. The van der Waals surface area contributed by atoms with Gasteiger partial charge in [-0.1, -0.05) is 12.8 Å². The lowest BCUT2D eigenvalue weighted by Gasteiger charge is -2.29. The van der Waals surface area contributed by atoms with Crippen molar-refractivity contribution in [2.45, 2.75) is 43.4 Å². The summed E-state index contributed by atoms with van der Waals surface area (Å²) in [5, 5.41) is 11.9.